The standard InChI is InChI=1S/C16H15F2N3O4S/c1-23-13-5-6-19-11(14(13)24-2)8-26-16-20-10-4-3-9(25-15(17)18)7-12(10)21(16)22/h3-7,15,22H,8H2,1-2H3. The number of fused-ring (bicyclic) bond motifs is 1. The van der Waals surface area contributed by atoms with Gasteiger partial charge in [-0.1, -0.05) is 11.8 Å². The van der Waals surface area contributed by atoms with Crippen molar-refractivity contribution in [2.24, 2.45) is 0 Å². The van der Waals surface area contributed by atoms with Crippen LogP contribution in [0.1, 0.15) is 5.69 Å². The maximum absolute atomic E-state index is 12.3. The fourth-order valence-electron chi connectivity index (χ4n) is 2.38. The molecular weight excluding hydrogens is 368 g/mol. The molecule has 3 aromatic rings. The summed E-state index contributed by atoms with van der Waals surface area (Å²) in [5, 5.41) is 10.5. The van der Waals surface area contributed by atoms with E-state index in [0.717, 1.165) is 4.73 Å². The molecule has 1 N–H and O–H groups in total. The molecule has 0 aliphatic heterocycles. The van der Waals surface area contributed by atoms with E-state index in [4.69, 9.17) is 9.47 Å². The van der Waals surface area contributed by atoms with Gasteiger partial charge < -0.3 is 19.4 Å². The lowest BCUT2D eigenvalue weighted by Crippen LogP contribution is -2.02. The maximum atomic E-state index is 12.3. The summed E-state index contributed by atoms with van der Waals surface area (Å²) in [6.07, 6.45) is 1.59. The predicted octanol–water partition coefficient (Wildman–Crippen LogP) is 3.58. The number of methoxy groups -OCH3 is 2. The molecule has 0 aliphatic carbocycles. The minimum absolute atomic E-state index is 0.0598. The molecule has 7 nitrogen and oxygen atoms in total. The number of hydrogen-bond acceptors (Lipinski definition) is 7. The Labute approximate surface area is 151 Å². The summed E-state index contributed by atoms with van der Waals surface area (Å²) in [5.74, 6) is 1.33. The van der Waals surface area contributed by atoms with Crippen LogP contribution in [0.15, 0.2) is 35.6 Å². The molecule has 0 amide bonds. The topological polar surface area (TPSA) is 78.6 Å². The summed E-state index contributed by atoms with van der Waals surface area (Å²) in [6.45, 7) is -2.94. The van der Waals surface area contributed by atoms with Crippen LogP contribution >= 0.6 is 11.8 Å². The molecule has 2 aromatic heterocycles. The van der Waals surface area contributed by atoms with Gasteiger partial charge in [0.2, 0.25) is 5.16 Å². The van der Waals surface area contributed by atoms with E-state index in [1.165, 1.54) is 44.2 Å². The Morgan fingerprint density at radius 1 is 1.23 bits per heavy atom. The van der Waals surface area contributed by atoms with Gasteiger partial charge in [0.15, 0.2) is 11.5 Å². The van der Waals surface area contributed by atoms with Crippen LogP contribution < -0.4 is 14.2 Å². The number of aromatic nitrogens is 3. The van der Waals surface area contributed by atoms with Crippen LogP contribution in [0.3, 0.4) is 0 Å². The fourth-order valence-corrected chi connectivity index (χ4v) is 3.23. The molecule has 3 rings (SSSR count). The Balaban J connectivity index is 1.85. The SMILES string of the molecule is COc1ccnc(CSc2nc3ccc(OC(F)F)cc3n2O)c1OC. The number of benzene rings is 1. The zero-order valence-electron chi connectivity index (χ0n) is 13.8. The third-order valence-electron chi connectivity index (χ3n) is 3.50. The smallest absolute Gasteiger partial charge is 0.387 e. The predicted molar refractivity (Wildman–Crippen MR) is 90.5 cm³/mol. The van der Waals surface area contributed by atoms with Crippen LogP contribution in [0, 0.1) is 0 Å². The van der Waals surface area contributed by atoms with Crippen molar-refractivity contribution in [2.45, 2.75) is 17.5 Å². The van der Waals surface area contributed by atoms with Gasteiger partial charge in [-0.25, -0.2) is 4.98 Å². The minimum Gasteiger partial charge on any atom is -0.493 e. The maximum Gasteiger partial charge on any atom is 0.387 e. The first-order valence-electron chi connectivity index (χ1n) is 7.38. The van der Waals surface area contributed by atoms with Crippen LogP contribution in [0.5, 0.6) is 17.2 Å². The number of thioether (sulfide) groups is 1. The first-order valence-corrected chi connectivity index (χ1v) is 8.37. The number of hydrogen-bond donors (Lipinski definition) is 1. The molecule has 0 fully saturated rings. The van der Waals surface area contributed by atoms with Crippen molar-refractivity contribution < 1.29 is 28.2 Å². The van der Waals surface area contributed by atoms with Gasteiger partial charge in [0, 0.05) is 24.1 Å². The van der Waals surface area contributed by atoms with E-state index in [1.807, 2.05) is 0 Å². The molecule has 0 saturated carbocycles. The third-order valence-corrected chi connectivity index (χ3v) is 4.44. The highest BCUT2D eigenvalue weighted by Gasteiger charge is 2.16. The summed E-state index contributed by atoms with van der Waals surface area (Å²) in [6, 6.07) is 5.83. The van der Waals surface area contributed by atoms with Gasteiger partial charge in [-0.3, -0.25) is 4.98 Å². The highest BCUT2D eigenvalue weighted by atomic mass is 32.2. The van der Waals surface area contributed by atoms with E-state index >= 15 is 0 Å². The van der Waals surface area contributed by atoms with E-state index in [0.29, 0.717) is 28.5 Å². The number of rotatable bonds is 7. The van der Waals surface area contributed by atoms with Crippen molar-refractivity contribution in [3.05, 3.63) is 36.2 Å². The molecule has 0 radical (unpaired) electrons. The lowest BCUT2D eigenvalue weighted by molar-refractivity contribution is -0.0498. The summed E-state index contributed by atoms with van der Waals surface area (Å²) in [7, 11) is 3.04. The van der Waals surface area contributed by atoms with E-state index < -0.39 is 6.61 Å². The van der Waals surface area contributed by atoms with Gasteiger partial charge in [0.05, 0.1) is 25.4 Å². The number of halogens is 2. The Morgan fingerprint density at radius 3 is 2.73 bits per heavy atom. The largest absolute Gasteiger partial charge is 0.493 e. The zero-order valence-corrected chi connectivity index (χ0v) is 14.7. The number of nitrogens with zero attached hydrogens (tertiary/aromatic N) is 3. The Morgan fingerprint density at radius 2 is 2.04 bits per heavy atom. The highest BCUT2D eigenvalue weighted by molar-refractivity contribution is 7.98. The molecule has 0 unspecified atom stereocenters. The Hall–Kier alpha value is -2.75. The monoisotopic (exact) mass is 383 g/mol. The van der Waals surface area contributed by atoms with Gasteiger partial charge in [-0.05, 0) is 12.1 Å². The molecule has 0 bridgehead atoms. The number of ether oxygens (including phenoxy) is 3. The van der Waals surface area contributed by atoms with Crippen molar-refractivity contribution in [3.8, 4) is 17.2 Å². The van der Waals surface area contributed by atoms with Gasteiger partial charge in [0.1, 0.15) is 11.3 Å². The van der Waals surface area contributed by atoms with Gasteiger partial charge in [-0.2, -0.15) is 13.5 Å². The van der Waals surface area contributed by atoms with Crippen LogP contribution in [0.2, 0.25) is 0 Å². The average Bonchev–Trinajstić information content (AvgIpc) is 2.94. The average molecular weight is 383 g/mol. The zero-order chi connectivity index (χ0) is 18.7. The van der Waals surface area contributed by atoms with Crippen molar-refractivity contribution in [2.75, 3.05) is 14.2 Å². The van der Waals surface area contributed by atoms with Gasteiger partial charge in [-0.15, -0.1) is 0 Å². The lowest BCUT2D eigenvalue weighted by Gasteiger charge is -2.10. The molecule has 10 heteroatoms. The summed E-state index contributed by atoms with van der Waals surface area (Å²) in [4.78, 5) is 8.53. The fraction of sp³-hybridized carbons (Fsp3) is 0.250. The van der Waals surface area contributed by atoms with Gasteiger partial charge in [0.25, 0.3) is 0 Å². The van der Waals surface area contributed by atoms with Gasteiger partial charge >= 0.3 is 6.61 Å². The number of pyridine rings is 1. The quantitative estimate of drug-likeness (QED) is 0.493. The summed E-state index contributed by atoms with van der Waals surface area (Å²) >= 11 is 1.21. The molecule has 2 heterocycles. The summed E-state index contributed by atoms with van der Waals surface area (Å²) < 4.78 is 40.4. The molecule has 138 valence electrons. The summed E-state index contributed by atoms with van der Waals surface area (Å²) in [5.41, 5.74) is 1.32. The molecule has 0 aliphatic rings. The third kappa shape index (κ3) is 3.59. The van der Waals surface area contributed by atoms with Crippen molar-refractivity contribution in [3.63, 3.8) is 0 Å². The number of alkyl halides is 2. The molecule has 0 atom stereocenters. The van der Waals surface area contributed by atoms with Crippen LogP contribution in [0.25, 0.3) is 11.0 Å². The van der Waals surface area contributed by atoms with E-state index in [2.05, 4.69) is 14.7 Å². The molecule has 0 spiro atoms. The van der Waals surface area contributed by atoms with Crippen LogP contribution in [0.4, 0.5) is 8.78 Å². The second-order valence-corrected chi connectivity index (χ2v) is 5.96. The van der Waals surface area contributed by atoms with E-state index in [9.17, 15) is 14.0 Å². The molecular formula is C16H15F2N3O4S. The minimum atomic E-state index is -2.94. The molecule has 26 heavy (non-hydrogen) atoms. The second-order valence-electron chi connectivity index (χ2n) is 5.02. The number of imidazole rings is 1. The molecule has 1 aromatic carbocycles. The molecule has 0 saturated heterocycles. The first kappa shape index (κ1) is 18.1. The van der Waals surface area contributed by atoms with E-state index in [-0.39, 0.29) is 16.4 Å². The normalized spacial score (nSPS) is 11.1. The lowest BCUT2D eigenvalue weighted by atomic mass is 10.3. The van der Waals surface area contributed by atoms with Crippen molar-refractivity contribution in [1.29, 1.82) is 0 Å². The van der Waals surface area contributed by atoms with Crippen molar-refractivity contribution >= 4 is 22.8 Å². The highest BCUT2D eigenvalue weighted by Crippen LogP contribution is 2.34. The van der Waals surface area contributed by atoms with Crippen LogP contribution in [-0.4, -0.2) is 40.7 Å². The Bertz CT molecular complexity index is 920. The Kier molecular flexibility index (Phi) is 5.31. The second kappa shape index (κ2) is 7.65. The van der Waals surface area contributed by atoms with E-state index in [1.54, 1.807) is 12.3 Å². The van der Waals surface area contributed by atoms with Crippen LogP contribution in [-0.2, 0) is 5.75 Å². The van der Waals surface area contributed by atoms with Crippen molar-refractivity contribution in [1.82, 2.24) is 14.7 Å². The first-order chi connectivity index (χ1) is 12.5.